The molecule has 6 nitrogen and oxygen atoms in total. The van der Waals surface area contributed by atoms with Crippen LogP contribution in [0.3, 0.4) is 0 Å². The molecular formula is C21H25N3O3. The number of carbonyl (C=O) groups excluding carboxylic acids is 2. The van der Waals surface area contributed by atoms with Crippen molar-refractivity contribution >= 4 is 11.8 Å². The van der Waals surface area contributed by atoms with Crippen LogP contribution in [0.15, 0.2) is 54.7 Å². The van der Waals surface area contributed by atoms with Gasteiger partial charge < -0.3 is 15.0 Å². The van der Waals surface area contributed by atoms with Crippen molar-refractivity contribution in [1.29, 1.82) is 0 Å². The van der Waals surface area contributed by atoms with E-state index in [1.807, 2.05) is 36.4 Å². The van der Waals surface area contributed by atoms with E-state index in [1.54, 1.807) is 23.2 Å². The first-order valence-corrected chi connectivity index (χ1v) is 9.40. The minimum absolute atomic E-state index is 0.0427. The molecule has 0 spiro atoms. The molecule has 1 aliphatic rings. The molecule has 1 aromatic carbocycles. The topological polar surface area (TPSA) is 71.5 Å². The van der Waals surface area contributed by atoms with Crippen LogP contribution in [-0.4, -0.2) is 47.4 Å². The first-order valence-electron chi connectivity index (χ1n) is 9.40. The fourth-order valence-electron chi connectivity index (χ4n) is 3.12. The van der Waals surface area contributed by atoms with Crippen LogP contribution >= 0.6 is 0 Å². The van der Waals surface area contributed by atoms with Gasteiger partial charge in [-0.15, -0.1) is 0 Å². The number of para-hydroxylation sites is 1. The summed E-state index contributed by atoms with van der Waals surface area (Å²) >= 11 is 0. The Morgan fingerprint density at radius 2 is 1.81 bits per heavy atom. The maximum Gasteiger partial charge on any atom is 0.272 e. The van der Waals surface area contributed by atoms with Crippen molar-refractivity contribution in [2.45, 2.75) is 31.7 Å². The van der Waals surface area contributed by atoms with Crippen LogP contribution in [0.1, 0.15) is 36.2 Å². The summed E-state index contributed by atoms with van der Waals surface area (Å²) in [5, 5.41) is 3.07. The van der Waals surface area contributed by atoms with Gasteiger partial charge in [0.15, 0.2) is 0 Å². The van der Waals surface area contributed by atoms with E-state index in [1.165, 1.54) is 0 Å². The number of nitrogens with one attached hydrogen (secondary N) is 1. The Labute approximate surface area is 159 Å². The number of piperidine rings is 1. The quantitative estimate of drug-likeness (QED) is 0.764. The van der Waals surface area contributed by atoms with Gasteiger partial charge >= 0.3 is 0 Å². The average Bonchev–Trinajstić information content (AvgIpc) is 2.73. The minimum Gasteiger partial charge on any atom is -0.494 e. The lowest BCUT2D eigenvalue weighted by Gasteiger charge is -2.32. The van der Waals surface area contributed by atoms with Gasteiger partial charge in [-0.05, 0) is 43.5 Å². The molecule has 1 fully saturated rings. The standard InChI is InChI=1S/C21H25N3O3/c25-20(10-6-16-27-18-7-2-1-3-8-18)23-17-11-14-24(15-12-17)21(26)19-9-4-5-13-22-19/h1-5,7-9,13,17H,6,10-12,14-16H2,(H,23,25). The van der Waals surface area contributed by atoms with E-state index in [0.29, 0.717) is 38.2 Å². The third-order valence-electron chi connectivity index (χ3n) is 4.59. The second kappa shape index (κ2) is 9.71. The molecule has 2 aromatic rings. The zero-order chi connectivity index (χ0) is 18.9. The lowest BCUT2D eigenvalue weighted by Crippen LogP contribution is -2.46. The number of aromatic nitrogens is 1. The summed E-state index contributed by atoms with van der Waals surface area (Å²) < 4.78 is 5.60. The first kappa shape index (κ1) is 18.9. The molecule has 0 radical (unpaired) electrons. The Kier molecular flexibility index (Phi) is 6.79. The monoisotopic (exact) mass is 367 g/mol. The highest BCUT2D eigenvalue weighted by molar-refractivity contribution is 5.92. The van der Waals surface area contributed by atoms with Crippen LogP contribution in [-0.2, 0) is 4.79 Å². The first-order chi connectivity index (χ1) is 13.2. The Morgan fingerprint density at radius 3 is 2.52 bits per heavy atom. The maximum atomic E-state index is 12.4. The molecule has 1 saturated heterocycles. The number of nitrogens with zero attached hydrogens (tertiary/aromatic N) is 2. The van der Waals surface area contributed by atoms with Gasteiger partial charge in [-0.25, -0.2) is 0 Å². The molecule has 3 rings (SSSR count). The zero-order valence-corrected chi connectivity index (χ0v) is 15.3. The maximum absolute atomic E-state index is 12.4. The molecule has 1 N–H and O–H groups in total. The molecule has 0 bridgehead atoms. The zero-order valence-electron chi connectivity index (χ0n) is 15.3. The third-order valence-corrected chi connectivity index (χ3v) is 4.59. The Balaban J connectivity index is 1.33. The van der Waals surface area contributed by atoms with E-state index in [4.69, 9.17) is 4.74 Å². The van der Waals surface area contributed by atoms with E-state index >= 15 is 0 Å². The van der Waals surface area contributed by atoms with Gasteiger partial charge in [0.1, 0.15) is 11.4 Å². The van der Waals surface area contributed by atoms with Gasteiger partial charge in [0.05, 0.1) is 6.61 Å². The molecule has 2 heterocycles. The number of hydrogen-bond donors (Lipinski definition) is 1. The summed E-state index contributed by atoms with van der Waals surface area (Å²) in [6, 6.07) is 15.1. The smallest absolute Gasteiger partial charge is 0.272 e. The number of rotatable bonds is 7. The number of likely N-dealkylation sites (tertiary alicyclic amines) is 1. The number of pyridine rings is 1. The minimum atomic E-state index is -0.0431. The van der Waals surface area contributed by atoms with Crippen LogP contribution in [0.4, 0.5) is 0 Å². The average molecular weight is 367 g/mol. The number of hydrogen-bond acceptors (Lipinski definition) is 4. The second-order valence-corrected chi connectivity index (χ2v) is 6.61. The molecule has 142 valence electrons. The molecule has 2 amide bonds. The summed E-state index contributed by atoms with van der Waals surface area (Å²) in [6.45, 7) is 1.80. The highest BCUT2D eigenvalue weighted by Gasteiger charge is 2.24. The number of carbonyl (C=O) groups is 2. The van der Waals surface area contributed by atoms with Crippen LogP contribution in [0.2, 0.25) is 0 Å². The Morgan fingerprint density at radius 1 is 1.07 bits per heavy atom. The molecule has 0 atom stereocenters. The van der Waals surface area contributed by atoms with Gasteiger partial charge in [-0.1, -0.05) is 24.3 Å². The Bertz CT molecular complexity index is 729. The summed E-state index contributed by atoms with van der Waals surface area (Å²) in [7, 11) is 0. The fourth-order valence-corrected chi connectivity index (χ4v) is 3.12. The summed E-state index contributed by atoms with van der Waals surface area (Å²) in [5.41, 5.74) is 0.471. The number of benzene rings is 1. The van der Waals surface area contributed by atoms with Gasteiger partial charge in [0, 0.05) is 31.7 Å². The summed E-state index contributed by atoms with van der Waals surface area (Å²) in [4.78, 5) is 30.4. The van der Waals surface area contributed by atoms with Gasteiger partial charge in [-0.3, -0.25) is 14.6 Å². The van der Waals surface area contributed by atoms with Crippen LogP contribution in [0.5, 0.6) is 5.75 Å². The van der Waals surface area contributed by atoms with E-state index in [2.05, 4.69) is 10.3 Å². The summed E-state index contributed by atoms with van der Waals surface area (Å²) in [5.74, 6) is 0.822. The van der Waals surface area contributed by atoms with Crippen molar-refractivity contribution in [3.05, 3.63) is 60.4 Å². The van der Waals surface area contributed by atoms with E-state index < -0.39 is 0 Å². The number of ether oxygens (including phenoxy) is 1. The van der Waals surface area contributed by atoms with E-state index in [-0.39, 0.29) is 17.9 Å². The Hall–Kier alpha value is -2.89. The normalized spacial score (nSPS) is 14.6. The highest BCUT2D eigenvalue weighted by Crippen LogP contribution is 2.14. The van der Waals surface area contributed by atoms with Crippen LogP contribution in [0.25, 0.3) is 0 Å². The van der Waals surface area contributed by atoms with E-state index in [0.717, 1.165) is 18.6 Å². The van der Waals surface area contributed by atoms with Crippen LogP contribution < -0.4 is 10.1 Å². The van der Waals surface area contributed by atoms with Gasteiger partial charge in [0.2, 0.25) is 5.91 Å². The predicted octanol–water partition coefficient (Wildman–Crippen LogP) is 2.66. The largest absolute Gasteiger partial charge is 0.494 e. The molecule has 27 heavy (non-hydrogen) atoms. The highest BCUT2D eigenvalue weighted by atomic mass is 16.5. The summed E-state index contributed by atoms with van der Waals surface area (Å²) in [6.07, 6.45) is 4.29. The second-order valence-electron chi connectivity index (χ2n) is 6.61. The third kappa shape index (κ3) is 5.81. The molecular weight excluding hydrogens is 342 g/mol. The lowest BCUT2D eigenvalue weighted by molar-refractivity contribution is -0.122. The van der Waals surface area contributed by atoms with Crippen molar-refractivity contribution in [3.8, 4) is 5.75 Å². The molecule has 6 heteroatoms. The van der Waals surface area contributed by atoms with Crippen LogP contribution in [0, 0.1) is 0 Å². The van der Waals surface area contributed by atoms with Crippen molar-refractivity contribution in [1.82, 2.24) is 15.2 Å². The number of amides is 2. The molecule has 1 aromatic heterocycles. The molecule has 0 aliphatic carbocycles. The predicted molar refractivity (Wildman–Crippen MR) is 102 cm³/mol. The lowest BCUT2D eigenvalue weighted by atomic mass is 10.0. The van der Waals surface area contributed by atoms with E-state index in [9.17, 15) is 9.59 Å². The molecule has 0 saturated carbocycles. The fraction of sp³-hybridized carbons (Fsp3) is 0.381. The SMILES string of the molecule is O=C(CCCOc1ccccc1)NC1CCN(C(=O)c2ccccn2)CC1. The van der Waals surface area contributed by atoms with Crippen molar-refractivity contribution in [3.63, 3.8) is 0 Å². The molecule has 1 aliphatic heterocycles. The van der Waals surface area contributed by atoms with Crippen molar-refractivity contribution in [2.75, 3.05) is 19.7 Å². The van der Waals surface area contributed by atoms with Gasteiger partial charge in [-0.2, -0.15) is 0 Å². The van der Waals surface area contributed by atoms with Gasteiger partial charge in [0.25, 0.3) is 5.91 Å². The molecule has 0 unspecified atom stereocenters. The van der Waals surface area contributed by atoms with Crippen molar-refractivity contribution < 1.29 is 14.3 Å². The van der Waals surface area contributed by atoms with Crippen molar-refractivity contribution in [2.24, 2.45) is 0 Å².